The maximum atomic E-state index is 10.2. The third-order valence-corrected chi connectivity index (χ3v) is 1.17. The molecule has 0 saturated carbocycles. The fourth-order valence-corrected chi connectivity index (χ4v) is 0.344. The van der Waals surface area contributed by atoms with Crippen molar-refractivity contribution < 1.29 is 42.6 Å². The summed E-state index contributed by atoms with van der Waals surface area (Å²) in [5.41, 5.74) is 0. The summed E-state index contributed by atoms with van der Waals surface area (Å²) >= 11 is 0. The number of rotatable bonds is 3. The van der Waals surface area contributed by atoms with Gasteiger partial charge in [-0.15, -0.1) is 6.54 Å². The van der Waals surface area contributed by atoms with Gasteiger partial charge >= 0.3 is 0 Å². The third-order valence-electron chi connectivity index (χ3n) is 1.17. The largest absolute Gasteiger partial charge is 0.482 e. The molecular formula is C6H11NO2Y-2. The first kappa shape index (κ1) is 13.1. The zero-order valence-electron chi connectivity index (χ0n) is 6.08. The Morgan fingerprint density at radius 1 is 1.80 bits per heavy atom. The molecule has 10 heavy (non-hydrogen) atoms. The van der Waals surface area contributed by atoms with Gasteiger partial charge in [0.15, 0.2) is 0 Å². The Kier molecular flexibility index (Phi) is 8.23. The van der Waals surface area contributed by atoms with Crippen LogP contribution in [0, 0.1) is 13.8 Å². The average molecular weight is 218 g/mol. The summed E-state index contributed by atoms with van der Waals surface area (Å²) in [7, 11) is 1.67. The van der Waals surface area contributed by atoms with Crippen LogP contribution in [-0.2, 0) is 37.5 Å². The Bertz CT molecular complexity index is 108. The Hall–Kier alpha value is 0.534. The van der Waals surface area contributed by atoms with E-state index in [1.54, 1.807) is 11.9 Å². The van der Waals surface area contributed by atoms with Crippen LogP contribution in [-0.4, -0.2) is 35.6 Å². The van der Waals surface area contributed by atoms with Crippen molar-refractivity contribution in [2.75, 3.05) is 13.6 Å². The molecular weight excluding hydrogens is 207 g/mol. The van der Waals surface area contributed by atoms with E-state index >= 15 is 0 Å². The zero-order valence-corrected chi connectivity index (χ0v) is 8.92. The Balaban J connectivity index is 0. The number of likely N-dealkylation sites (N-methyl/N-ethyl adjacent to an activating group) is 1. The molecule has 1 N–H and O–H groups in total. The van der Waals surface area contributed by atoms with E-state index in [0.29, 0.717) is 6.54 Å². The molecule has 1 atom stereocenters. The molecule has 57 valence electrons. The molecule has 0 aromatic carbocycles. The van der Waals surface area contributed by atoms with Crippen LogP contribution in [0.15, 0.2) is 0 Å². The van der Waals surface area contributed by atoms with Gasteiger partial charge in [-0.1, -0.05) is 0 Å². The number of hydrogen-bond acceptors (Lipinski definition) is 2. The topological polar surface area (TPSA) is 40.5 Å². The first-order valence-corrected chi connectivity index (χ1v) is 2.65. The maximum Gasteiger partial charge on any atom is 0.289 e. The van der Waals surface area contributed by atoms with Crippen LogP contribution in [0.5, 0.6) is 0 Å². The van der Waals surface area contributed by atoms with Gasteiger partial charge in [0, 0.05) is 32.7 Å². The maximum absolute atomic E-state index is 10.2. The minimum Gasteiger partial charge on any atom is -0.482 e. The first-order chi connectivity index (χ1) is 4.09. The van der Waals surface area contributed by atoms with Crippen LogP contribution in [0.4, 0.5) is 0 Å². The van der Waals surface area contributed by atoms with Gasteiger partial charge in [0.1, 0.15) is 0 Å². The van der Waals surface area contributed by atoms with Crippen LogP contribution in [0.2, 0.25) is 0 Å². The standard InChI is InChI=1S/C6H11NO2.Y/c1-4-7(3)5(2)6(8)9;/h5H,1-2,4H2,3H3,(H,8,9);/q-2;. The minimum absolute atomic E-state index is 0. The number of carbonyl (C=O) groups is 1. The second-order valence-electron chi connectivity index (χ2n) is 1.83. The van der Waals surface area contributed by atoms with Gasteiger partial charge in [0.2, 0.25) is 0 Å². The molecule has 0 heterocycles. The van der Waals surface area contributed by atoms with Crippen molar-refractivity contribution in [2.45, 2.75) is 6.04 Å². The number of aliphatic carboxylic acids is 1. The summed E-state index contributed by atoms with van der Waals surface area (Å²) in [4.78, 5) is 11.7. The van der Waals surface area contributed by atoms with Crippen molar-refractivity contribution >= 4 is 5.97 Å². The molecule has 0 aliphatic rings. The molecule has 0 aliphatic carbocycles. The van der Waals surface area contributed by atoms with E-state index in [4.69, 9.17) is 5.11 Å². The predicted octanol–water partition coefficient (Wildman–Crippen LogP) is 0.0371. The zero-order chi connectivity index (χ0) is 7.44. The Morgan fingerprint density at radius 3 is 2.30 bits per heavy atom. The first-order valence-electron chi connectivity index (χ1n) is 2.65. The summed E-state index contributed by atoms with van der Waals surface area (Å²) in [5, 5.41) is 8.35. The van der Waals surface area contributed by atoms with Crippen LogP contribution in [0.1, 0.15) is 0 Å². The van der Waals surface area contributed by atoms with Gasteiger partial charge in [0.05, 0.1) is 0 Å². The monoisotopic (exact) mass is 218 g/mol. The van der Waals surface area contributed by atoms with Gasteiger partial charge in [0.25, 0.3) is 5.97 Å². The molecule has 0 spiro atoms. The van der Waals surface area contributed by atoms with Gasteiger partial charge in [-0.25, -0.2) is 0 Å². The molecule has 0 fully saturated rings. The molecule has 0 aliphatic heterocycles. The van der Waals surface area contributed by atoms with Gasteiger partial charge in [-0.05, 0) is 13.1 Å². The van der Waals surface area contributed by atoms with Gasteiger partial charge in [-0.2, -0.15) is 0 Å². The molecule has 0 aromatic heterocycles. The molecule has 0 aromatic rings. The van der Waals surface area contributed by atoms with E-state index in [-0.39, 0.29) is 32.7 Å². The van der Waals surface area contributed by atoms with E-state index < -0.39 is 12.0 Å². The van der Waals surface area contributed by atoms with Crippen molar-refractivity contribution in [1.29, 1.82) is 0 Å². The van der Waals surface area contributed by atoms with E-state index in [2.05, 4.69) is 13.8 Å². The van der Waals surface area contributed by atoms with Gasteiger partial charge < -0.3 is 23.9 Å². The van der Waals surface area contributed by atoms with Crippen LogP contribution >= 0.6 is 0 Å². The van der Waals surface area contributed by atoms with Crippen molar-refractivity contribution in [1.82, 2.24) is 4.90 Å². The number of hydrogen-bond donors (Lipinski definition) is 1. The van der Waals surface area contributed by atoms with Crippen LogP contribution in [0.25, 0.3) is 0 Å². The quantitative estimate of drug-likeness (QED) is 0.680. The molecule has 3 nitrogen and oxygen atoms in total. The van der Waals surface area contributed by atoms with Crippen LogP contribution < -0.4 is 0 Å². The Labute approximate surface area is 86.7 Å². The molecule has 4 heteroatoms. The number of carboxylic acid groups (broad SMARTS) is 1. The number of carboxylic acids is 1. The fourth-order valence-electron chi connectivity index (χ4n) is 0.344. The predicted molar refractivity (Wildman–Crippen MR) is 34.8 cm³/mol. The smallest absolute Gasteiger partial charge is 0.289 e. The molecule has 0 amide bonds. The van der Waals surface area contributed by atoms with E-state index in [9.17, 15) is 4.79 Å². The second-order valence-corrected chi connectivity index (χ2v) is 1.83. The SMILES string of the molecule is [CH2-]CN(C)C([CH2-])C(=O)O.[Y]. The summed E-state index contributed by atoms with van der Waals surface area (Å²) in [6.45, 7) is 7.37. The second kappa shape index (κ2) is 6.26. The van der Waals surface area contributed by atoms with E-state index in [0.717, 1.165) is 0 Å². The van der Waals surface area contributed by atoms with Crippen molar-refractivity contribution in [3.8, 4) is 0 Å². The van der Waals surface area contributed by atoms with E-state index in [1.165, 1.54) is 0 Å². The summed E-state index contributed by atoms with van der Waals surface area (Å²) < 4.78 is 0. The number of nitrogens with zero attached hydrogens (tertiary/aromatic N) is 1. The molecule has 0 bridgehead atoms. The average Bonchev–Trinajstić information content (AvgIpc) is 1.84. The fraction of sp³-hybridized carbons (Fsp3) is 0.500. The van der Waals surface area contributed by atoms with Gasteiger partial charge in [-0.3, -0.25) is 4.79 Å². The van der Waals surface area contributed by atoms with E-state index in [1.807, 2.05) is 0 Å². The summed E-state index contributed by atoms with van der Waals surface area (Å²) in [6.07, 6.45) is 0. The van der Waals surface area contributed by atoms with Crippen molar-refractivity contribution in [3.05, 3.63) is 13.8 Å². The molecule has 0 rings (SSSR count). The minimum atomic E-state index is -0.916. The summed E-state index contributed by atoms with van der Waals surface area (Å²) in [5.74, 6) is -0.916. The molecule has 1 unspecified atom stereocenters. The summed E-state index contributed by atoms with van der Waals surface area (Å²) in [6, 6.07) is -0.678. The van der Waals surface area contributed by atoms with Crippen molar-refractivity contribution in [3.63, 3.8) is 0 Å². The van der Waals surface area contributed by atoms with Crippen LogP contribution in [0.3, 0.4) is 0 Å². The Morgan fingerprint density at radius 2 is 2.20 bits per heavy atom. The molecule has 0 saturated heterocycles. The molecule has 1 radical (unpaired) electrons. The van der Waals surface area contributed by atoms with Crippen molar-refractivity contribution in [2.24, 2.45) is 0 Å². The third kappa shape index (κ3) is 4.37. The normalized spacial score (nSPS) is 12.4.